The summed E-state index contributed by atoms with van der Waals surface area (Å²) in [6.45, 7) is 1.59. The number of nitrogens with zero attached hydrogens (tertiary/aromatic N) is 2. The standard InChI is InChI=1S/C6H5Cl.C4H5N3O2/c7-6-4-2-1-3-5-6;1-2-3(6-5)4(8)9-7-2/h1-5H;5H2,1H3. The van der Waals surface area contributed by atoms with E-state index >= 15 is 0 Å². The molecule has 0 atom stereocenters. The molecule has 2 rings (SSSR count). The number of hydrogen-bond donors (Lipinski definition) is 1. The van der Waals surface area contributed by atoms with Crippen LogP contribution in [0.1, 0.15) is 6.92 Å². The van der Waals surface area contributed by atoms with E-state index in [0.717, 1.165) is 5.02 Å². The normalized spacial score (nSPS) is 16.2. The maximum absolute atomic E-state index is 10.5. The molecule has 0 spiro atoms. The first kappa shape index (κ1) is 12.2. The summed E-state index contributed by atoms with van der Waals surface area (Å²) in [5, 5.41) is 7.28. The van der Waals surface area contributed by atoms with E-state index in [9.17, 15) is 4.79 Å². The summed E-state index contributed by atoms with van der Waals surface area (Å²) < 4.78 is 0. The van der Waals surface area contributed by atoms with Gasteiger partial charge >= 0.3 is 5.97 Å². The van der Waals surface area contributed by atoms with Gasteiger partial charge in [-0.3, -0.25) is 0 Å². The van der Waals surface area contributed by atoms with Crippen LogP contribution < -0.4 is 5.84 Å². The van der Waals surface area contributed by atoms with Gasteiger partial charge < -0.3 is 10.7 Å². The fourth-order valence-electron chi connectivity index (χ4n) is 0.905. The van der Waals surface area contributed by atoms with Gasteiger partial charge in [0.05, 0.1) is 0 Å². The van der Waals surface area contributed by atoms with Crippen molar-refractivity contribution in [2.75, 3.05) is 0 Å². The van der Waals surface area contributed by atoms with Crippen molar-refractivity contribution >= 4 is 29.0 Å². The fourth-order valence-corrected chi connectivity index (χ4v) is 1.05. The van der Waals surface area contributed by atoms with Gasteiger partial charge in [-0.05, 0) is 19.1 Å². The van der Waals surface area contributed by atoms with Gasteiger partial charge in [0.1, 0.15) is 5.71 Å². The van der Waals surface area contributed by atoms with Crippen LogP contribution >= 0.6 is 11.6 Å². The lowest BCUT2D eigenvalue weighted by Crippen LogP contribution is -2.17. The summed E-state index contributed by atoms with van der Waals surface area (Å²) in [5.41, 5.74) is 0.512. The summed E-state index contributed by atoms with van der Waals surface area (Å²) in [5.74, 6) is 4.23. The molecule has 0 saturated carbocycles. The Balaban J connectivity index is 0.000000165. The molecule has 1 aromatic rings. The number of hydrazone groups is 1. The van der Waals surface area contributed by atoms with Crippen LogP contribution in [0.5, 0.6) is 0 Å². The quantitative estimate of drug-likeness (QED) is 0.424. The van der Waals surface area contributed by atoms with E-state index in [-0.39, 0.29) is 5.71 Å². The number of rotatable bonds is 0. The Morgan fingerprint density at radius 3 is 2.25 bits per heavy atom. The maximum Gasteiger partial charge on any atom is 0.387 e. The number of hydrogen-bond acceptors (Lipinski definition) is 5. The number of nitrogens with two attached hydrogens (primary N) is 1. The van der Waals surface area contributed by atoms with Gasteiger partial charge in [-0.1, -0.05) is 35.0 Å². The molecule has 6 heteroatoms. The number of carbonyl (C=O) groups is 1. The first-order valence-electron chi connectivity index (χ1n) is 4.40. The highest BCUT2D eigenvalue weighted by molar-refractivity contribution is 6.66. The molecule has 0 saturated heterocycles. The lowest BCUT2D eigenvalue weighted by molar-refractivity contribution is -0.134. The second-order valence-corrected chi connectivity index (χ2v) is 3.27. The van der Waals surface area contributed by atoms with Crippen LogP contribution in [-0.4, -0.2) is 17.4 Å². The second-order valence-electron chi connectivity index (χ2n) is 2.83. The average Bonchev–Trinajstić information content (AvgIpc) is 2.60. The Hall–Kier alpha value is -1.88. The van der Waals surface area contributed by atoms with Crippen molar-refractivity contribution in [3.63, 3.8) is 0 Å². The Bertz CT molecular complexity index is 429. The van der Waals surface area contributed by atoms with Crippen molar-refractivity contribution in [3.05, 3.63) is 35.4 Å². The number of oxime groups is 1. The first-order valence-corrected chi connectivity index (χ1v) is 4.77. The van der Waals surface area contributed by atoms with Crippen molar-refractivity contribution < 1.29 is 9.63 Å². The number of halogens is 1. The molecule has 84 valence electrons. The van der Waals surface area contributed by atoms with Gasteiger partial charge in [-0.2, -0.15) is 5.10 Å². The van der Waals surface area contributed by atoms with Gasteiger partial charge in [0.2, 0.25) is 0 Å². The van der Waals surface area contributed by atoms with E-state index in [0.29, 0.717) is 5.71 Å². The SMILES string of the molecule is CC1=NOC(=O)C1=NN.Clc1ccccc1. The highest BCUT2D eigenvalue weighted by atomic mass is 35.5. The second kappa shape index (κ2) is 5.87. The smallest absolute Gasteiger partial charge is 0.322 e. The highest BCUT2D eigenvalue weighted by Gasteiger charge is 2.23. The third kappa shape index (κ3) is 3.36. The van der Waals surface area contributed by atoms with Crippen LogP contribution in [0.3, 0.4) is 0 Å². The minimum absolute atomic E-state index is 0.0926. The van der Waals surface area contributed by atoms with E-state index in [1.54, 1.807) is 6.92 Å². The van der Waals surface area contributed by atoms with Crippen molar-refractivity contribution in [1.82, 2.24) is 0 Å². The minimum atomic E-state index is -0.588. The zero-order valence-electron chi connectivity index (χ0n) is 8.55. The molecule has 16 heavy (non-hydrogen) atoms. The average molecular weight is 240 g/mol. The molecule has 1 aliphatic rings. The molecule has 0 radical (unpaired) electrons. The van der Waals surface area contributed by atoms with E-state index in [4.69, 9.17) is 17.4 Å². The summed E-state index contributed by atoms with van der Waals surface area (Å²) in [6, 6.07) is 9.44. The molecular formula is C10H10ClN3O2. The Morgan fingerprint density at radius 2 is 2.00 bits per heavy atom. The predicted octanol–water partition coefficient (Wildman–Crippen LogP) is 1.57. The summed E-state index contributed by atoms with van der Waals surface area (Å²) in [7, 11) is 0. The Morgan fingerprint density at radius 1 is 1.38 bits per heavy atom. The van der Waals surface area contributed by atoms with Crippen LogP contribution in [0.15, 0.2) is 40.6 Å². The van der Waals surface area contributed by atoms with Crippen LogP contribution in [0.4, 0.5) is 0 Å². The molecule has 5 nitrogen and oxygen atoms in total. The summed E-state index contributed by atoms with van der Waals surface area (Å²) >= 11 is 5.54. The summed E-state index contributed by atoms with van der Waals surface area (Å²) in [6.07, 6.45) is 0. The lowest BCUT2D eigenvalue weighted by Gasteiger charge is -1.83. The van der Waals surface area contributed by atoms with E-state index in [1.807, 2.05) is 30.3 Å². The molecule has 0 amide bonds. The third-order valence-electron chi connectivity index (χ3n) is 1.66. The molecular weight excluding hydrogens is 230 g/mol. The molecule has 1 aliphatic heterocycles. The first-order chi connectivity index (χ1) is 7.65. The van der Waals surface area contributed by atoms with E-state index in [2.05, 4.69) is 15.1 Å². The van der Waals surface area contributed by atoms with Crippen molar-refractivity contribution in [2.24, 2.45) is 16.1 Å². The maximum atomic E-state index is 10.5. The largest absolute Gasteiger partial charge is 0.387 e. The molecule has 2 N–H and O–H groups in total. The van der Waals surface area contributed by atoms with Gasteiger partial charge in [0.25, 0.3) is 0 Å². The zero-order chi connectivity index (χ0) is 12.0. The van der Waals surface area contributed by atoms with Gasteiger partial charge in [0.15, 0.2) is 5.71 Å². The third-order valence-corrected chi connectivity index (χ3v) is 1.92. The predicted molar refractivity (Wildman–Crippen MR) is 62.3 cm³/mol. The Kier molecular flexibility index (Phi) is 4.47. The number of carbonyl (C=O) groups excluding carboxylic acids is 1. The molecule has 0 aliphatic carbocycles. The van der Waals surface area contributed by atoms with Crippen molar-refractivity contribution in [2.45, 2.75) is 6.92 Å². The zero-order valence-corrected chi connectivity index (χ0v) is 9.31. The van der Waals surface area contributed by atoms with E-state index in [1.165, 1.54) is 0 Å². The van der Waals surface area contributed by atoms with Gasteiger partial charge in [-0.15, -0.1) is 0 Å². The monoisotopic (exact) mass is 239 g/mol. The van der Waals surface area contributed by atoms with Crippen LogP contribution in [0, 0.1) is 0 Å². The molecule has 1 aromatic carbocycles. The van der Waals surface area contributed by atoms with Gasteiger partial charge in [0, 0.05) is 5.02 Å². The topological polar surface area (TPSA) is 77.0 Å². The number of benzene rings is 1. The van der Waals surface area contributed by atoms with Crippen LogP contribution in [-0.2, 0) is 9.63 Å². The van der Waals surface area contributed by atoms with Crippen LogP contribution in [0.2, 0.25) is 5.02 Å². The van der Waals surface area contributed by atoms with Crippen molar-refractivity contribution in [3.8, 4) is 0 Å². The molecule has 0 fully saturated rings. The fraction of sp³-hybridized carbons (Fsp3) is 0.100. The van der Waals surface area contributed by atoms with Gasteiger partial charge in [-0.25, -0.2) is 4.79 Å². The van der Waals surface area contributed by atoms with Crippen molar-refractivity contribution in [1.29, 1.82) is 0 Å². The molecule has 1 heterocycles. The highest BCUT2D eigenvalue weighted by Crippen LogP contribution is 2.03. The summed E-state index contributed by atoms with van der Waals surface area (Å²) in [4.78, 5) is 14.7. The molecule has 0 aromatic heterocycles. The van der Waals surface area contributed by atoms with E-state index < -0.39 is 5.97 Å². The minimum Gasteiger partial charge on any atom is -0.322 e. The van der Waals surface area contributed by atoms with Crippen LogP contribution in [0.25, 0.3) is 0 Å². The molecule has 0 bridgehead atoms. The molecule has 0 unspecified atom stereocenters. The Labute approximate surface area is 97.5 Å². The lowest BCUT2D eigenvalue weighted by atomic mass is 10.3.